The second-order valence-corrected chi connectivity index (χ2v) is 7.32. The van der Waals surface area contributed by atoms with E-state index in [9.17, 15) is 4.79 Å². The molecule has 0 unspecified atom stereocenters. The van der Waals surface area contributed by atoms with Gasteiger partial charge in [0.1, 0.15) is 12.4 Å². The minimum absolute atomic E-state index is 0.133. The van der Waals surface area contributed by atoms with Crippen molar-refractivity contribution in [1.82, 2.24) is 30.0 Å². The number of benzene rings is 2. The molecule has 2 aromatic heterocycles. The van der Waals surface area contributed by atoms with E-state index in [0.29, 0.717) is 29.4 Å². The van der Waals surface area contributed by atoms with Crippen molar-refractivity contribution in [3.8, 4) is 5.75 Å². The van der Waals surface area contributed by atoms with Gasteiger partial charge >= 0.3 is 0 Å². The molecule has 0 aliphatic heterocycles. The Morgan fingerprint density at radius 3 is 2.77 bits per heavy atom. The van der Waals surface area contributed by atoms with E-state index < -0.39 is 0 Å². The third-order valence-electron chi connectivity index (χ3n) is 4.59. The van der Waals surface area contributed by atoms with Gasteiger partial charge in [0, 0.05) is 11.8 Å². The molecule has 0 atom stereocenters. The molecule has 4 aromatic rings. The lowest BCUT2D eigenvalue weighted by atomic mass is 10.2. The number of ether oxygens (including phenoxy) is 1. The summed E-state index contributed by atoms with van der Waals surface area (Å²) in [4.78, 5) is 12.7. The van der Waals surface area contributed by atoms with Gasteiger partial charge in [-0.15, -0.1) is 5.10 Å². The molecule has 1 amide bonds. The Bertz CT molecular complexity index is 1150. The fourth-order valence-corrected chi connectivity index (χ4v) is 3.07. The molecule has 31 heavy (non-hydrogen) atoms. The summed E-state index contributed by atoms with van der Waals surface area (Å²) in [5.41, 5.74) is 2.25. The van der Waals surface area contributed by atoms with Crippen molar-refractivity contribution in [3.63, 3.8) is 0 Å². The van der Waals surface area contributed by atoms with Gasteiger partial charge < -0.3 is 10.1 Å². The summed E-state index contributed by atoms with van der Waals surface area (Å²) < 4.78 is 9.27. The number of hydrogen-bond donors (Lipinski definition) is 1. The second kappa shape index (κ2) is 9.21. The molecule has 2 aromatic carbocycles. The van der Waals surface area contributed by atoms with Crippen molar-refractivity contribution in [1.29, 1.82) is 0 Å². The van der Waals surface area contributed by atoms with Gasteiger partial charge in [-0.25, -0.2) is 4.68 Å². The zero-order valence-electron chi connectivity index (χ0n) is 17.3. The Balaban J connectivity index is 1.37. The number of anilines is 1. The van der Waals surface area contributed by atoms with Crippen LogP contribution < -0.4 is 10.1 Å². The maximum Gasteiger partial charge on any atom is 0.255 e. The number of carbonyl (C=O) groups is 1. The van der Waals surface area contributed by atoms with E-state index in [2.05, 4.69) is 25.9 Å². The highest BCUT2D eigenvalue weighted by Crippen LogP contribution is 2.17. The van der Waals surface area contributed by atoms with Crippen LogP contribution in [0.25, 0.3) is 0 Å². The number of tetrazole rings is 1. The normalized spacial score (nSPS) is 10.9. The molecular weight excluding hydrogens is 394 g/mol. The van der Waals surface area contributed by atoms with Crippen molar-refractivity contribution >= 4 is 11.6 Å². The summed E-state index contributed by atoms with van der Waals surface area (Å²) in [6.45, 7) is 4.83. The lowest BCUT2D eigenvalue weighted by Gasteiger charge is -2.10. The molecule has 9 nitrogen and oxygen atoms in total. The molecule has 0 aliphatic rings. The van der Waals surface area contributed by atoms with E-state index in [1.54, 1.807) is 46.0 Å². The topological polar surface area (TPSA) is 99.8 Å². The highest BCUT2D eigenvalue weighted by Gasteiger charge is 2.12. The Morgan fingerprint density at radius 1 is 1.13 bits per heavy atom. The van der Waals surface area contributed by atoms with E-state index >= 15 is 0 Å². The van der Waals surface area contributed by atoms with Gasteiger partial charge in [-0.05, 0) is 48.0 Å². The summed E-state index contributed by atoms with van der Waals surface area (Å²) in [6.07, 6.45) is 3.43. The Kier molecular flexibility index (Phi) is 6.02. The van der Waals surface area contributed by atoms with Gasteiger partial charge in [0.05, 0.1) is 24.5 Å². The van der Waals surface area contributed by atoms with Crippen LogP contribution in [0.3, 0.4) is 0 Å². The van der Waals surface area contributed by atoms with Crippen LogP contribution >= 0.6 is 0 Å². The molecule has 0 fully saturated rings. The van der Waals surface area contributed by atoms with Crippen LogP contribution in [0.15, 0.2) is 67.0 Å². The Morgan fingerprint density at radius 2 is 1.97 bits per heavy atom. The van der Waals surface area contributed by atoms with Gasteiger partial charge in [0.15, 0.2) is 5.82 Å². The fraction of sp³-hybridized carbons (Fsp3) is 0.227. The molecule has 4 rings (SSSR count). The van der Waals surface area contributed by atoms with Gasteiger partial charge in [-0.3, -0.25) is 9.48 Å². The largest absolute Gasteiger partial charge is 0.486 e. The minimum Gasteiger partial charge on any atom is -0.486 e. The van der Waals surface area contributed by atoms with Crippen molar-refractivity contribution in [2.24, 2.45) is 0 Å². The van der Waals surface area contributed by atoms with Crippen LogP contribution in [0.2, 0.25) is 0 Å². The molecule has 0 spiro atoms. The molecule has 0 saturated heterocycles. The third kappa shape index (κ3) is 5.13. The van der Waals surface area contributed by atoms with E-state index in [1.165, 1.54) is 0 Å². The van der Waals surface area contributed by atoms with Gasteiger partial charge in [0.2, 0.25) is 0 Å². The highest BCUT2D eigenvalue weighted by molar-refractivity contribution is 6.04. The first kappa shape index (κ1) is 20.3. The second-order valence-electron chi connectivity index (χ2n) is 7.32. The fourth-order valence-electron chi connectivity index (χ4n) is 3.07. The highest BCUT2D eigenvalue weighted by atomic mass is 16.5. The maximum atomic E-state index is 12.7. The summed E-state index contributed by atoms with van der Waals surface area (Å²) in [7, 11) is 0. The van der Waals surface area contributed by atoms with E-state index in [1.807, 2.05) is 44.2 Å². The number of aromatic nitrogens is 6. The summed E-state index contributed by atoms with van der Waals surface area (Å²) in [5.74, 6) is 0.943. The monoisotopic (exact) mass is 417 g/mol. The van der Waals surface area contributed by atoms with Crippen LogP contribution in [0, 0.1) is 0 Å². The quantitative estimate of drug-likeness (QED) is 0.472. The first-order chi connectivity index (χ1) is 15.1. The third-order valence-corrected chi connectivity index (χ3v) is 4.59. The number of nitrogens with one attached hydrogen (secondary N) is 1. The average Bonchev–Trinajstić information content (AvgIpc) is 3.43. The predicted molar refractivity (Wildman–Crippen MR) is 115 cm³/mol. The first-order valence-corrected chi connectivity index (χ1v) is 9.96. The zero-order valence-corrected chi connectivity index (χ0v) is 17.3. The van der Waals surface area contributed by atoms with Crippen molar-refractivity contribution in [2.45, 2.75) is 33.0 Å². The number of hydrogen-bond acceptors (Lipinski definition) is 6. The molecule has 0 radical (unpaired) electrons. The molecule has 1 N–H and O–H groups in total. The zero-order chi connectivity index (χ0) is 21.6. The van der Waals surface area contributed by atoms with Crippen LogP contribution in [0.1, 0.15) is 41.6 Å². The van der Waals surface area contributed by atoms with Crippen LogP contribution in [0.4, 0.5) is 5.69 Å². The van der Waals surface area contributed by atoms with E-state index in [4.69, 9.17) is 4.74 Å². The molecular formula is C22H23N7O2. The number of rotatable bonds is 8. The van der Waals surface area contributed by atoms with Crippen molar-refractivity contribution < 1.29 is 9.53 Å². The molecule has 158 valence electrons. The van der Waals surface area contributed by atoms with Crippen LogP contribution in [0.5, 0.6) is 5.75 Å². The average molecular weight is 417 g/mol. The lowest BCUT2D eigenvalue weighted by Crippen LogP contribution is -2.12. The predicted octanol–water partition coefficient (Wildman–Crippen LogP) is 3.33. The molecule has 9 heteroatoms. The van der Waals surface area contributed by atoms with Gasteiger partial charge in [-0.1, -0.05) is 36.4 Å². The lowest BCUT2D eigenvalue weighted by molar-refractivity contribution is 0.102. The summed E-state index contributed by atoms with van der Waals surface area (Å²) >= 11 is 0. The smallest absolute Gasteiger partial charge is 0.255 e. The summed E-state index contributed by atoms with van der Waals surface area (Å²) in [5, 5.41) is 18.8. The van der Waals surface area contributed by atoms with Crippen molar-refractivity contribution in [2.75, 3.05) is 5.32 Å². The van der Waals surface area contributed by atoms with E-state index in [0.717, 1.165) is 5.56 Å². The first-order valence-electron chi connectivity index (χ1n) is 9.96. The van der Waals surface area contributed by atoms with Gasteiger partial charge in [0.25, 0.3) is 5.91 Å². The molecule has 2 heterocycles. The Hall–Kier alpha value is -4.01. The van der Waals surface area contributed by atoms with Crippen LogP contribution in [-0.4, -0.2) is 35.9 Å². The number of nitrogens with zero attached hydrogens (tertiary/aromatic N) is 6. The van der Waals surface area contributed by atoms with Crippen LogP contribution in [-0.2, 0) is 13.2 Å². The molecule has 0 bridgehead atoms. The molecule has 0 aliphatic carbocycles. The van der Waals surface area contributed by atoms with Crippen molar-refractivity contribution in [3.05, 3.63) is 83.9 Å². The standard InChI is InChI=1S/C22H23N7O2/c1-16(2)29-21(25-26-27-29)15-31-20-10-6-9-18(11-20)22(30)24-19-12-23-28(14-19)13-17-7-4-3-5-8-17/h3-12,14,16H,13,15H2,1-2H3,(H,24,30). The van der Waals surface area contributed by atoms with E-state index in [-0.39, 0.29) is 18.6 Å². The molecule has 0 saturated carbocycles. The number of carbonyl (C=O) groups excluding carboxylic acids is 1. The minimum atomic E-state index is -0.239. The maximum absolute atomic E-state index is 12.7. The summed E-state index contributed by atoms with van der Waals surface area (Å²) in [6, 6.07) is 17.1. The Labute approximate surface area is 179 Å². The number of amides is 1. The SMILES string of the molecule is CC(C)n1nnnc1COc1cccc(C(=O)Nc2cnn(Cc3ccccc3)c2)c1. The van der Waals surface area contributed by atoms with Gasteiger partial charge in [-0.2, -0.15) is 5.10 Å².